The molecule has 0 unspecified atom stereocenters. The largest absolute Gasteiger partial charge is 0.336 e. The second-order valence-electron chi connectivity index (χ2n) is 10.9. The van der Waals surface area contributed by atoms with Crippen LogP contribution in [0.2, 0.25) is 0 Å². The number of pyridine rings is 2. The van der Waals surface area contributed by atoms with Crippen molar-refractivity contribution in [1.82, 2.24) is 30.1 Å². The minimum Gasteiger partial charge on any atom is -0.336 e. The summed E-state index contributed by atoms with van der Waals surface area (Å²) >= 11 is 0. The molecule has 4 heterocycles. The minimum absolute atomic E-state index is 0.0631. The molecule has 6 aromatic rings. The number of imidazole rings is 1. The maximum atomic E-state index is 14.6. The highest BCUT2D eigenvalue weighted by molar-refractivity contribution is 7.90. The van der Waals surface area contributed by atoms with Gasteiger partial charge in [0.05, 0.1) is 22.5 Å². The van der Waals surface area contributed by atoms with E-state index >= 15 is 0 Å². The van der Waals surface area contributed by atoms with Gasteiger partial charge < -0.3 is 4.98 Å². The van der Waals surface area contributed by atoms with E-state index in [1.807, 2.05) is 30.6 Å². The zero-order valence-corrected chi connectivity index (χ0v) is 23.8. The van der Waals surface area contributed by atoms with Crippen molar-refractivity contribution in [2.75, 3.05) is 12.0 Å². The monoisotopic (exact) mass is 568 g/mol. The molecule has 6 rings (SSSR count). The molecule has 0 aliphatic rings. The van der Waals surface area contributed by atoms with Gasteiger partial charge in [-0.15, -0.1) is 0 Å². The number of aryl methyl sites for hydroxylation is 1. The highest BCUT2D eigenvalue weighted by atomic mass is 32.2. The fourth-order valence-corrected chi connectivity index (χ4v) is 5.70. The van der Waals surface area contributed by atoms with Crippen molar-refractivity contribution in [3.05, 3.63) is 84.1 Å². The Morgan fingerprint density at radius 1 is 0.902 bits per heavy atom. The van der Waals surface area contributed by atoms with Gasteiger partial charge in [0.1, 0.15) is 26.9 Å². The van der Waals surface area contributed by atoms with Crippen LogP contribution in [-0.4, -0.2) is 50.6 Å². The maximum absolute atomic E-state index is 14.6. The number of sulfone groups is 1. The topological polar surface area (TPSA) is 117 Å². The third-order valence-corrected chi connectivity index (χ3v) is 7.90. The van der Waals surface area contributed by atoms with E-state index in [9.17, 15) is 12.8 Å². The highest BCUT2D eigenvalue weighted by Crippen LogP contribution is 2.33. The number of rotatable bonds is 8. The van der Waals surface area contributed by atoms with Crippen molar-refractivity contribution in [2.45, 2.75) is 26.7 Å². The van der Waals surface area contributed by atoms with Gasteiger partial charge in [-0.3, -0.25) is 15.1 Å². The number of nitrogens with zero attached hydrogens (tertiary/aromatic N) is 4. The minimum atomic E-state index is -3.18. The van der Waals surface area contributed by atoms with E-state index in [0.29, 0.717) is 39.8 Å². The first-order valence-electron chi connectivity index (χ1n) is 13.4. The Bertz CT molecular complexity index is 2010. The normalized spacial score (nSPS) is 12.1. The summed E-state index contributed by atoms with van der Waals surface area (Å²) in [6, 6.07) is 14.6. The second-order valence-corrected chi connectivity index (χ2v) is 13.1. The molecule has 0 atom stereocenters. The number of aromatic amines is 2. The number of hydrogen-bond donors (Lipinski definition) is 2. The molecule has 208 valence electrons. The number of fused-ring (bicyclic) bond motifs is 2. The summed E-state index contributed by atoms with van der Waals surface area (Å²) in [7, 11) is -3.18. The zero-order valence-electron chi connectivity index (χ0n) is 22.9. The molecular formula is C31H29FN6O2S. The molecule has 10 heteroatoms. The van der Waals surface area contributed by atoms with Gasteiger partial charge in [0.25, 0.3) is 0 Å². The van der Waals surface area contributed by atoms with Crippen LogP contribution in [0.3, 0.4) is 0 Å². The molecule has 0 aliphatic carbocycles. The summed E-state index contributed by atoms with van der Waals surface area (Å²) in [6.07, 6.45) is 7.76. The Balaban J connectivity index is 1.40. The predicted molar refractivity (Wildman–Crippen MR) is 160 cm³/mol. The van der Waals surface area contributed by atoms with Crippen molar-refractivity contribution in [3.8, 4) is 33.9 Å². The Morgan fingerprint density at radius 2 is 1.73 bits per heavy atom. The number of aromatic nitrogens is 6. The smallest absolute Gasteiger partial charge is 0.159 e. The Morgan fingerprint density at radius 3 is 2.54 bits per heavy atom. The fourth-order valence-electron chi connectivity index (χ4n) is 5.10. The zero-order chi connectivity index (χ0) is 28.7. The first-order valence-corrected chi connectivity index (χ1v) is 15.4. The van der Waals surface area contributed by atoms with E-state index in [0.717, 1.165) is 34.0 Å². The van der Waals surface area contributed by atoms with Gasteiger partial charge in [0, 0.05) is 41.4 Å². The number of hydrogen-bond acceptors (Lipinski definition) is 6. The quantitative estimate of drug-likeness (QED) is 0.227. The molecular weight excluding hydrogens is 539 g/mol. The molecule has 2 aromatic carbocycles. The summed E-state index contributed by atoms with van der Waals surface area (Å²) in [6.45, 7) is 4.38. The summed E-state index contributed by atoms with van der Waals surface area (Å²) in [5.41, 5.74) is 7.68. The molecule has 0 radical (unpaired) electrons. The van der Waals surface area contributed by atoms with E-state index in [4.69, 9.17) is 4.98 Å². The van der Waals surface area contributed by atoms with E-state index in [-0.39, 0.29) is 12.2 Å². The van der Waals surface area contributed by atoms with Gasteiger partial charge in [0.15, 0.2) is 5.82 Å². The molecule has 0 fully saturated rings. The Hall–Kier alpha value is -4.44. The van der Waals surface area contributed by atoms with Gasteiger partial charge in [-0.1, -0.05) is 19.9 Å². The lowest BCUT2D eigenvalue weighted by molar-refractivity contribution is 0.600. The summed E-state index contributed by atoms with van der Waals surface area (Å²) in [5, 5.41) is 8.56. The van der Waals surface area contributed by atoms with Crippen LogP contribution < -0.4 is 0 Å². The van der Waals surface area contributed by atoms with Crippen molar-refractivity contribution >= 4 is 31.8 Å². The first-order chi connectivity index (χ1) is 19.6. The lowest BCUT2D eigenvalue weighted by atomic mass is 9.99. The van der Waals surface area contributed by atoms with Gasteiger partial charge in [0.2, 0.25) is 0 Å². The summed E-state index contributed by atoms with van der Waals surface area (Å²) < 4.78 is 37.9. The average Bonchev–Trinajstić information content (AvgIpc) is 3.54. The van der Waals surface area contributed by atoms with Crippen LogP contribution in [0.1, 0.15) is 25.0 Å². The standard InChI is InChI=1S/C31H29FN6O2S/c1-18(2)10-20-12-23(17-33-16-20)21-4-5-26-25(15-21)29(38-37-26)31-35-27-6-8-34-28(30(27)36-31)22-11-19(13-24(32)14-22)7-9-41(3,39)40/h4-6,8,11-18H,7,9-10H2,1-3H3,(H,35,36)(H,37,38). The molecule has 0 spiro atoms. The number of halogens is 1. The Labute approximate surface area is 237 Å². The third kappa shape index (κ3) is 5.74. The fraction of sp³-hybridized carbons (Fsp3) is 0.226. The number of H-pyrrole nitrogens is 2. The average molecular weight is 569 g/mol. The van der Waals surface area contributed by atoms with Crippen LogP contribution in [0.25, 0.3) is 55.8 Å². The molecule has 0 bridgehead atoms. The predicted octanol–water partition coefficient (Wildman–Crippen LogP) is 6.15. The van der Waals surface area contributed by atoms with Gasteiger partial charge >= 0.3 is 0 Å². The van der Waals surface area contributed by atoms with Crippen LogP contribution in [0.5, 0.6) is 0 Å². The van der Waals surface area contributed by atoms with Crippen LogP contribution in [0.15, 0.2) is 67.1 Å². The van der Waals surface area contributed by atoms with Crippen LogP contribution in [-0.2, 0) is 22.7 Å². The van der Waals surface area contributed by atoms with Crippen molar-refractivity contribution < 1.29 is 12.8 Å². The number of benzene rings is 2. The van der Waals surface area contributed by atoms with E-state index in [2.05, 4.69) is 51.1 Å². The summed E-state index contributed by atoms with van der Waals surface area (Å²) in [4.78, 5) is 17.2. The summed E-state index contributed by atoms with van der Waals surface area (Å²) in [5.74, 6) is 0.567. The SMILES string of the molecule is CC(C)Cc1cncc(-c2ccc3[nH]nc(-c4nc5c(-c6cc(F)cc(CCS(C)(=O)=O)c6)nccc5[nH]4)c3c2)c1. The van der Waals surface area contributed by atoms with Crippen molar-refractivity contribution in [1.29, 1.82) is 0 Å². The molecule has 0 aliphatic heterocycles. The van der Waals surface area contributed by atoms with Gasteiger partial charge in [-0.25, -0.2) is 17.8 Å². The van der Waals surface area contributed by atoms with Crippen molar-refractivity contribution in [3.63, 3.8) is 0 Å². The molecule has 0 saturated heterocycles. The molecule has 0 amide bonds. The molecule has 41 heavy (non-hydrogen) atoms. The van der Waals surface area contributed by atoms with E-state index < -0.39 is 15.7 Å². The van der Waals surface area contributed by atoms with Gasteiger partial charge in [-0.05, 0) is 77.9 Å². The maximum Gasteiger partial charge on any atom is 0.159 e. The first kappa shape index (κ1) is 26.8. The molecule has 2 N–H and O–H groups in total. The molecule has 4 aromatic heterocycles. The third-order valence-electron chi connectivity index (χ3n) is 6.95. The van der Waals surface area contributed by atoms with Crippen LogP contribution in [0, 0.1) is 11.7 Å². The van der Waals surface area contributed by atoms with Gasteiger partial charge in [-0.2, -0.15) is 5.10 Å². The van der Waals surface area contributed by atoms with Crippen LogP contribution >= 0.6 is 0 Å². The lowest BCUT2D eigenvalue weighted by Gasteiger charge is -2.07. The van der Waals surface area contributed by atoms with Crippen LogP contribution in [0.4, 0.5) is 4.39 Å². The second kappa shape index (κ2) is 10.5. The van der Waals surface area contributed by atoms with Crippen molar-refractivity contribution in [2.24, 2.45) is 5.92 Å². The number of nitrogens with one attached hydrogen (secondary N) is 2. The molecule has 8 nitrogen and oxygen atoms in total. The lowest BCUT2D eigenvalue weighted by Crippen LogP contribution is -2.06. The Kier molecular flexibility index (Phi) is 6.86. The highest BCUT2D eigenvalue weighted by Gasteiger charge is 2.18. The van der Waals surface area contributed by atoms with E-state index in [1.54, 1.807) is 12.3 Å². The molecule has 0 saturated carbocycles. The van der Waals surface area contributed by atoms with E-state index in [1.165, 1.54) is 24.0 Å².